The van der Waals surface area contributed by atoms with Gasteiger partial charge in [-0.1, -0.05) is 80.1 Å². The maximum atomic E-state index is 5.09. The van der Waals surface area contributed by atoms with E-state index in [0.29, 0.717) is 0 Å². The second-order valence-electron chi connectivity index (χ2n) is 11.4. The van der Waals surface area contributed by atoms with E-state index in [2.05, 4.69) is 125 Å². The molecule has 8 rings (SSSR count). The smallest absolute Gasteiger partial charge is 0.574 e. The summed E-state index contributed by atoms with van der Waals surface area (Å²) in [6.45, 7) is 6.69. The summed E-state index contributed by atoms with van der Waals surface area (Å²) in [5.74, 6) is 0.884. The number of benzene rings is 3. The number of para-hydroxylation sites is 2. The third-order valence-corrected chi connectivity index (χ3v) is 7.90. The number of pyridine rings is 2. The Morgan fingerprint density at radius 3 is 2.17 bits per heavy atom. The molecule has 0 atom stereocenters. The van der Waals surface area contributed by atoms with E-state index in [4.69, 9.17) is 9.97 Å². The molecule has 42 heavy (non-hydrogen) atoms. The van der Waals surface area contributed by atoms with Gasteiger partial charge in [-0.2, -0.15) is 6.07 Å². The minimum Gasteiger partial charge on any atom is -0.574 e. The average molecular weight is 726 g/mol. The van der Waals surface area contributed by atoms with Crippen LogP contribution in [0.2, 0.25) is 0 Å². The van der Waals surface area contributed by atoms with Gasteiger partial charge in [-0.15, -0.1) is 17.5 Å². The summed E-state index contributed by atoms with van der Waals surface area (Å²) in [6, 6.07) is 35.4. The summed E-state index contributed by atoms with van der Waals surface area (Å²) < 4.78 is 4.43. The summed E-state index contributed by atoms with van der Waals surface area (Å²) in [7, 11) is 0. The SMILES string of the molecule is CC(C)(C)c1ccnc(-n2c3[c-]c(-n4c5ccccc5c5ccc(-c6ccn[n-]6)nc54)ccc3c3ccccc32)c1.[Pt+2]. The Morgan fingerprint density at radius 2 is 1.43 bits per heavy atom. The van der Waals surface area contributed by atoms with Crippen LogP contribution in [0.1, 0.15) is 26.3 Å². The van der Waals surface area contributed by atoms with Gasteiger partial charge in [0.25, 0.3) is 0 Å². The van der Waals surface area contributed by atoms with E-state index in [1.165, 1.54) is 10.9 Å². The van der Waals surface area contributed by atoms with Crippen LogP contribution in [0.25, 0.3) is 66.6 Å². The monoisotopic (exact) mass is 725 g/mol. The van der Waals surface area contributed by atoms with Gasteiger partial charge in [0, 0.05) is 28.7 Å². The van der Waals surface area contributed by atoms with Crippen molar-refractivity contribution in [1.29, 1.82) is 0 Å². The first-order chi connectivity index (χ1) is 20.0. The Bertz CT molecular complexity index is 2250. The predicted octanol–water partition coefficient (Wildman–Crippen LogP) is 7.79. The third-order valence-electron chi connectivity index (χ3n) is 7.90. The first-order valence-corrected chi connectivity index (χ1v) is 13.7. The normalized spacial score (nSPS) is 12.0. The van der Waals surface area contributed by atoms with Crippen LogP contribution in [0.5, 0.6) is 0 Å². The fourth-order valence-corrected chi connectivity index (χ4v) is 5.85. The molecule has 0 spiro atoms. The number of aromatic nitrogens is 6. The van der Waals surface area contributed by atoms with E-state index in [0.717, 1.165) is 61.2 Å². The van der Waals surface area contributed by atoms with Crippen LogP contribution < -0.4 is 5.10 Å². The van der Waals surface area contributed by atoms with E-state index >= 15 is 0 Å². The van der Waals surface area contributed by atoms with E-state index in [1.807, 2.05) is 18.3 Å². The van der Waals surface area contributed by atoms with Crippen LogP contribution in [0.15, 0.2) is 103 Å². The van der Waals surface area contributed by atoms with Gasteiger partial charge in [-0.3, -0.25) is 0 Å². The van der Waals surface area contributed by atoms with Gasteiger partial charge in [-0.25, -0.2) is 9.97 Å². The van der Waals surface area contributed by atoms with Crippen molar-refractivity contribution in [2.75, 3.05) is 0 Å². The number of fused-ring (bicyclic) bond motifs is 6. The van der Waals surface area contributed by atoms with E-state index in [1.54, 1.807) is 6.20 Å². The van der Waals surface area contributed by atoms with Gasteiger partial charge < -0.3 is 19.3 Å². The van der Waals surface area contributed by atoms with Gasteiger partial charge in [0.05, 0.1) is 11.2 Å². The molecule has 0 saturated carbocycles. The number of nitrogens with zero attached hydrogens (tertiary/aromatic N) is 6. The molecule has 3 aromatic carbocycles. The molecule has 0 fully saturated rings. The number of rotatable bonds is 3. The van der Waals surface area contributed by atoms with Crippen molar-refractivity contribution in [3.8, 4) is 22.9 Å². The van der Waals surface area contributed by atoms with Crippen molar-refractivity contribution in [3.05, 3.63) is 115 Å². The Kier molecular flexibility index (Phi) is 6.14. The Morgan fingerprint density at radius 1 is 0.714 bits per heavy atom. The van der Waals surface area contributed by atoms with Crippen LogP contribution in [0, 0.1) is 6.07 Å². The van der Waals surface area contributed by atoms with Gasteiger partial charge >= 0.3 is 21.1 Å². The summed E-state index contributed by atoms with van der Waals surface area (Å²) in [5, 5.41) is 12.8. The first-order valence-electron chi connectivity index (χ1n) is 13.7. The summed E-state index contributed by atoms with van der Waals surface area (Å²) in [5.41, 5.74) is 7.72. The molecule has 0 saturated heterocycles. The van der Waals surface area contributed by atoms with Crippen molar-refractivity contribution in [1.82, 2.24) is 29.3 Å². The Hall–Kier alpha value is -4.54. The molecule has 8 aromatic rings. The maximum absolute atomic E-state index is 5.09. The van der Waals surface area contributed by atoms with Crippen LogP contribution in [0.4, 0.5) is 0 Å². The molecule has 5 aromatic heterocycles. The van der Waals surface area contributed by atoms with Gasteiger partial charge in [0.15, 0.2) is 0 Å². The van der Waals surface area contributed by atoms with E-state index < -0.39 is 0 Å². The standard InChI is InChI=1S/C35H26N6.Pt/c1-35(2,3)22-16-18-36-33(20-22)41-31-11-7-4-8-24(31)26-13-12-23(21-32(26)41)40-30-10-6-5-9-25(30)27-14-15-28(38-34(27)40)29-17-19-37-39-29;/h4-20H,1-3H3;/q-2;+2. The van der Waals surface area contributed by atoms with Crippen LogP contribution in [0.3, 0.4) is 0 Å². The molecule has 5 heterocycles. The van der Waals surface area contributed by atoms with Crippen LogP contribution >= 0.6 is 0 Å². The third kappa shape index (κ3) is 4.01. The van der Waals surface area contributed by atoms with Gasteiger partial charge in [0.1, 0.15) is 11.5 Å². The van der Waals surface area contributed by atoms with Crippen molar-refractivity contribution in [2.45, 2.75) is 26.2 Å². The van der Waals surface area contributed by atoms with Crippen molar-refractivity contribution in [2.24, 2.45) is 0 Å². The largest absolute Gasteiger partial charge is 2.00 e. The molecule has 6 nitrogen and oxygen atoms in total. The summed E-state index contributed by atoms with van der Waals surface area (Å²) >= 11 is 0. The molecule has 0 aliphatic rings. The zero-order chi connectivity index (χ0) is 27.7. The summed E-state index contributed by atoms with van der Waals surface area (Å²) in [4.78, 5) is 9.93. The molecule has 0 aliphatic carbocycles. The zero-order valence-electron chi connectivity index (χ0n) is 23.3. The predicted molar refractivity (Wildman–Crippen MR) is 165 cm³/mol. The molecule has 0 N–H and O–H groups in total. The molecule has 7 heteroatoms. The first kappa shape index (κ1) is 26.4. The van der Waals surface area contributed by atoms with Crippen molar-refractivity contribution in [3.63, 3.8) is 0 Å². The van der Waals surface area contributed by atoms with Crippen LogP contribution in [-0.2, 0) is 26.5 Å². The molecule has 0 bridgehead atoms. The molecule has 0 aliphatic heterocycles. The van der Waals surface area contributed by atoms with Crippen molar-refractivity contribution >= 4 is 43.7 Å². The number of hydrogen-bond donors (Lipinski definition) is 0. The average Bonchev–Trinajstić information content (AvgIpc) is 3.71. The molecular formula is C35H26N6Pt. The second kappa shape index (κ2) is 9.78. The second-order valence-corrected chi connectivity index (χ2v) is 11.4. The van der Waals surface area contributed by atoms with Gasteiger partial charge in [0.2, 0.25) is 0 Å². The Labute approximate surface area is 257 Å². The minimum absolute atomic E-state index is 0. The molecule has 0 amide bonds. The van der Waals surface area contributed by atoms with Crippen molar-refractivity contribution < 1.29 is 21.1 Å². The fourth-order valence-electron chi connectivity index (χ4n) is 5.85. The molecule has 0 unspecified atom stereocenters. The van der Waals surface area contributed by atoms with Gasteiger partial charge in [-0.05, 0) is 52.8 Å². The molecular weight excluding hydrogens is 700 g/mol. The number of hydrogen-bond acceptors (Lipinski definition) is 3. The topological polar surface area (TPSA) is 62.6 Å². The van der Waals surface area contributed by atoms with E-state index in [-0.39, 0.29) is 26.5 Å². The molecule has 0 radical (unpaired) electrons. The fraction of sp³-hybridized carbons (Fsp3) is 0.114. The summed E-state index contributed by atoms with van der Waals surface area (Å²) in [6.07, 6.45) is 3.60. The van der Waals surface area contributed by atoms with Crippen LogP contribution in [-0.4, -0.2) is 24.2 Å². The maximum Gasteiger partial charge on any atom is 2.00 e. The minimum atomic E-state index is 0. The zero-order valence-corrected chi connectivity index (χ0v) is 25.6. The Balaban J connectivity index is 0.00000288. The van der Waals surface area contributed by atoms with E-state index in [9.17, 15) is 0 Å². The quantitative estimate of drug-likeness (QED) is 0.175. The molecule has 206 valence electrons.